The Labute approximate surface area is 176 Å². The van der Waals surface area contributed by atoms with Crippen molar-refractivity contribution in [1.82, 2.24) is 4.90 Å². The molecule has 0 radical (unpaired) electrons. The van der Waals surface area contributed by atoms with Crippen molar-refractivity contribution in [2.45, 2.75) is 24.9 Å². The Kier molecular flexibility index (Phi) is 4.54. The lowest BCUT2D eigenvalue weighted by Crippen LogP contribution is -2.43. The quantitative estimate of drug-likeness (QED) is 0.833. The average molecular weight is 406 g/mol. The molecule has 1 saturated heterocycles. The summed E-state index contributed by atoms with van der Waals surface area (Å²) in [6.45, 7) is 1.21. The first-order valence-electron chi connectivity index (χ1n) is 10.6. The number of carbonyl (C=O) groups excluding carboxylic acids is 2. The summed E-state index contributed by atoms with van der Waals surface area (Å²) in [5, 5.41) is 11.6. The van der Waals surface area contributed by atoms with Crippen LogP contribution in [0.15, 0.2) is 48.5 Å². The molecule has 2 aliphatic heterocycles. The molecule has 30 heavy (non-hydrogen) atoms. The topological polar surface area (TPSA) is 70.1 Å². The largest absolute Gasteiger partial charge is 0.482 e. The zero-order chi connectivity index (χ0) is 20.9. The van der Waals surface area contributed by atoms with E-state index in [1.54, 1.807) is 25.2 Å². The second-order valence-corrected chi connectivity index (χ2v) is 8.68. The Hall–Kier alpha value is -2.86. The third-order valence-corrected chi connectivity index (χ3v) is 7.04. The summed E-state index contributed by atoms with van der Waals surface area (Å²) in [7, 11) is 1.70. The van der Waals surface area contributed by atoms with Gasteiger partial charge in [0.25, 0.3) is 11.8 Å². The molecule has 2 aromatic rings. The number of fused-ring (bicyclic) bond motifs is 2. The highest BCUT2D eigenvalue weighted by molar-refractivity contribution is 6.01. The maximum atomic E-state index is 13.3. The van der Waals surface area contributed by atoms with Crippen LogP contribution in [0.2, 0.25) is 0 Å². The van der Waals surface area contributed by atoms with Gasteiger partial charge in [-0.25, -0.2) is 0 Å². The maximum Gasteiger partial charge on any atom is 0.264 e. The predicted octanol–water partition coefficient (Wildman–Crippen LogP) is 2.80. The van der Waals surface area contributed by atoms with Crippen LogP contribution in [-0.2, 0) is 10.4 Å². The molecule has 1 aliphatic carbocycles. The molecule has 5 rings (SSSR count). The molecule has 6 heteroatoms. The van der Waals surface area contributed by atoms with E-state index >= 15 is 0 Å². The van der Waals surface area contributed by atoms with Crippen LogP contribution in [0.4, 0.5) is 5.69 Å². The number of aliphatic hydroxyl groups is 1. The van der Waals surface area contributed by atoms with Crippen LogP contribution in [0.1, 0.15) is 35.2 Å². The van der Waals surface area contributed by atoms with Crippen molar-refractivity contribution >= 4 is 17.5 Å². The van der Waals surface area contributed by atoms with Crippen LogP contribution in [-0.4, -0.2) is 48.6 Å². The van der Waals surface area contributed by atoms with Crippen molar-refractivity contribution in [3.63, 3.8) is 0 Å². The average Bonchev–Trinajstić information content (AvgIpc) is 3.22. The summed E-state index contributed by atoms with van der Waals surface area (Å²) < 4.78 is 5.47. The Bertz CT molecular complexity index is 992. The monoisotopic (exact) mass is 406 g/mol. The maximum absolute atomic E-state index is 13.3. The molecule has 3 atom stereocenters. The summed E-state index contributed by atoms with van der Waals surface area (Å²) >= 11 is 0. The molecule has 3 aliphatic rings. The molecule has 1 N–H and O–H groups in total. The normalized spacial score (nSPS) is 28.0. The van der Waals surface area contributed by atoms with Crippen LogP contribution >= 0.6 is 0 Å². The van der Waals surface area contributed by atoms with Crippen molar-refractivity contribution in [3.05, 3.63) is 59.7 Å². The summed E-state index contributed by atoms with van der Waals surface area (Å²) in [5.74, 6) is 0.740. The lowest BCUT2D eigenvalue weighted by Gasteiger charge is -2.41. The Morgan fingerprint density at radius 1 is 1.17 bits per heavy atom. The molecular weight excluding hydrogens is 380 g/mol. The van der Waals surface area contributed by atoms with E-state index < -0.39 is 5.60 Å². The number of hydrogen-bond acceptors (Lipinski definition) is 4. The molecule has 0 aromatic heterocycles. The fourth-order valence-electron chi connectivity index (χ4n) is 5.36. The third kappa shape index (κ3) is 2.98. The van der Waals surface area contributed by atoms with Crippen molar-refractivity contribution in [2.75, 3.05) is 31.6 Å². The number of hydrogen-bond donors (Lipinski definition) is 1. The highest BCUT2D eigenvalue weighted by atomic mass is 16.5. The molecule has 0 spiro atoms. The fourth-order valence-corrected chi connectivity index (χ4v) is 5.36. The molecule has 2 fully saturated rings. The van der Waals surface area contributed by atoms with Crippen LogP contribution in [0.5, 0.6) is 5.75 Å². The molecule has 2 aromatic carbocycles. The van der Waals surface area contributed by atoms with E-state index in [2.05, 4.69) is 0 Å². The van der Waals surface area contributed by atoms with Gasteiger partial charge >= 0.3 is 0 Å². The number of rotatable bonds is 2. The zero-order valence-electron chi connectivity index (χ0n) is 17.1. The van der Waals surface area contributed by atoms with Gasteiger partial charge in [-0.15, -0.1) is 0 Å². The van der Waals surface area contributed by atoms with Crippen LogP contribution in [0, 0.1) is 11.8 Å². The number of likely N-dealkylation sites (N-methyl/N-ethyl adjacent to an activating group) is 1. The van der Waals surface area contributed by atoms with E-state index in [4.69, 9.17) is 4.74 Å². The highest BCUT2D eigenvalue weighted by Crippen LogP contribution is 2.48. The van der Waals surface area contributed by atoms with Gasteiger partial charge in [0.2, 0.25) is 0 Å². The molecule has 2 heterocycles. The number of nitrogens with zero attached hydrogens (tertiary/aromatic N) is 2. The standard InChI is InChI=1S/C24H26N2O4/c1-25-20-12-16(9-10-21(20)30-15-22(25)27)23(28)26-13-17-6-5-11-24(29,19(17)14-26)18-7-3-2-4-8-18/h2-4,7-10,12,17,19,29H,5-6,11,13-15H2,1H3/t17-,19+,24+/m0/s1. The van der Waals surface area contributed by atoms with Gasteiger partial charge in [-0.05, 0) is 48.9 Å². The number of ether oxygens (including phenoxy) is 1. The van der Waals surface area contributed by atoms with Gasteiger partial charge in [-0.1, -0.05) is 30.3 Å². The smallest absolute Gasteiger partial charge is 0.264 e. The van der Waals surface area contributed by atoms with E-state index in [1.165, 1.54) is 4.90 Å². The first-order valence-corrected chi connectivity index (χ1v) is 10.6. The van der Waals surface area contributed by atoms with Gasteiger partial charge < -0.3 is 19.6 Å². The van der Waals surface area contributed by atoms with E-state index in [0.717, 1.165) is 24.8 Å². The van der Waals surface area contributed by atoms with Crippen LogP contribution in [0.25, 0.3) is 0 Å². The molecule has 156 valence electrons. The first-order chi connectivity index (χ1) is 14.5. The number of carbonyl (C=O) groups is 2. The number of likely N-dealkylation sites (tertiary alicyclic amines) is 1. The molecule has 0 bridgehead atoms. The summed E-state index contributed by atoms with van der Waals surface area (Å²) in [4.78, 5) is 28.7. The van der Waals surface area contributed by atoms with Crippen molar-refractivity contribution in [2.24, 2.45) is 11.8 Å². The first kappa shape index (κ1) is 19.1. The minimum atomic E-state index is -0.893. The minimum absolute atomic E-state index is 0.0182. The predicted molar refractivity (Wildman–Crippen MR) is 112 cm³/mol. The van der Waals surface area contributed by atoms with E-state index in [-0.39, 0.29) is 30.3 Å². The molecular formula is C24H26N2O4. The lowest BCUT2D eigenvalue weighted by atomic mass is 9.67. The van der Waals surface area contributed by atoms with Gasteiger partial charge in [0.15, 0.2) is 6.61 Å². The molecule has 1 saturated carbocycles. The lowest BCUT2D eigenvalue weighted by molar-refractivity contribution is -0.121. The number of benzene rings is 2. The Morgan fingerprint density at radius 2 is 1.97 bits per heavy atom. The van der Waals surface area contributed by atoms with Crippen molar-refractivity contribution < 1.29 is 19.4 Å². The molecule has 2 amide bonds. The van der Waals surface area contributed by atoms with Gasteiger partial charge in [-0.3, -0.25) is 9.59 Å². The molecule has 0 unspecified atom stereocenters. The van der Waals surface area contributed by atoms with Crippen molar-refractivity contribution in [1.29, 1.82) is 0 Å². The van der Waals surface area contributed by atoms with E-state index in [9.17, 15) is 14.7 Å². The van der Waals surface area contributed by atoms with E-state index in [0.29, 0.717) is 30.1 Å². The highest BCUT2D eigenvalue weighted by Gasteiger charge is 2.50. The van der Waals surface area contributed by atoms with Gasteiger partial charge in [-0.2, -0.15) is 0 Å². The SMILES string of the molecule is CN1C(=O)COc2ccc(C(=O)N3C[C@@H]4CCC[C@@](O)(c5ccccc5)[C@@H]4C3)cc21. The van der Waals surface area contributed by atoms with Crippen LogP contribution in [0.3, 0.4) is 0 Å². The summed E-state index contributed by atoms with van der Waals surface area (Å²) in [5.41, 5.74) is 1.21. The number of anilines is 1. The second kappa shape index (κ2) is 7.13. The second-order valence-electron chi connectivity index (χ2n) is 8.68. The summed E-state index contributed by atoms with van der Waals surface area (Å²) in [6, 6.07) is 15.1. The Morgan fingerprint density at radius 3 is 2.77 bits per heavy atom. The number of amides is 2. The molecule has 6 nitrogen and oxygen atoms in total. The van der Waals surface area contributed by atoms with E-state index in [1.807, 2.05) is 35.2 Å². The zero-order valence-corrected chi connectivity index (χ0v) is 17.1. The fraction of sp³-hybridized carbons (Fsp3) is 0.417. The van der Waals surface area contributed by atoms with Crippen LogP contribution < -0.4 is 9.64 Å². The van der Waals surface area contributed by atoms with Gasteiger partial charge in [0, 0.05) is 31.6 Å². The summed E-state index contributed by atoms with van der Waals surface area (Å²) in [6.07, 6.45) is 2.71. The Balaban J connectivity index is 1.40. The van der Waals surface area contributed by atoms with Gasteiger partial charge in [0.1, 0.15) is 5.75 Å². The third-order valence-electron chi connectivity index (χ3n) is 7.04. The van der Waals surface area contributed by atoms with Gasteiger partial charge in [0.05, 0.1) is 11.3 Å². The van der Waals surface area contributed by atoms with Crippen molar-refractivity contribution in [3.8, 4) is 5.75 Å². The minimum Gasteiger partial charge on any atom is -0.482 e.